The third kappa shape index (κ3) is 5.02. The van der Waals surface area contributed by atoms with Gasteiger partial charge >= 0.3 is 0 Å². The van der Waals surface area contributed by atoms with Crippen molar-refractivity contribution in [2.45, 2.75) is 84.6 Å². The second-order valence-corrected chi connectivity index (χ2v) is 9.25. The van der Waals surface area contributed by atoms with Crippen LogP contribution in [0.1, 0.15) is 78.0 Å². The zero-order valence-electron chi connectivity index (χ0n) is 20.0. The van der Waals surface area contributed by atoms with Gasteiger partial charge in [-0.3, -0.25) is 4.84 Å². The third-order valence-electron chi connectivity index (χ3n) is 7.21. The lowest BCUT2D eigenvalue weighted by Gasteiger charge is -2.57. The van der Waals surface area contributed by atoms with Crippen molar-refractivity contribution in [2.24, 2.45) is 11.1 Å². The van der Waals surface area contributed by atoms with Gasteiger partial charge in [0.05, 0.1) is 11.3 Å². The van der Waals surface area contributed by atoms with Crippen LogP contribution in [-0.4, -0.2) is 21.9 Å². The molecule has 0 saturated carbocycles. The molecule has 0 N–H and O–H groups in total. The molecule has 168 valence electrons. The molecular formula is C27H38N2O2. The van der Waals surface area contributed by atoms with E-state index in [-0.39, 0.29) is 23.1 Å². The van der Waals surface area contributed by atoms with Gasteiger partial charge in [-0.25, -0.2) is 0 Å². The first-order valence-electron chi connectivity index (χ1n) is 11.6. The van der Waals surface area contributed by atoms with E-state index >= 15 is 0 Å². The number of benzene rings is 2. The van der Waals surface area contributed by atoms with Crippen molar-refractivity contribution in [3.63, 3.8) is 0 Å². The van der Waals surface area contributed by atoms with Crippen LogP contribution < -0.4 is 0 Å². The minimum atomic E-state index is -0.180. The van der Waals surface area contributed by atoms with Crippen molar-refractivity contribution < 1.29 is 9.68 Å². The van der Waals surface area contributed by atoms with E-state index in [1.54, 1.807) is 0 Å². The molecule has 0 amide bonds. The maximum absolute atomic E-state index is 6.72. The number of rotatable bonds is 8. The maximum Gasteiger partial charge on any atom is 0.142 e. The van der Waals surface area contributed by atoms with E-state index in [0.717, 1.165) is 30.5 Å². The fourth-order valence-electron chi connectivity index (χ4n) is 4.55. The first kappa shape index (κ1) is 23.5. The second kappa shape index (κ2) is 9.97. The topological polar surface area (TPSA) is 34.1 Å². The number of hydrogen-bond donors (Lipinski definition) is 0. The predicted molar refractivity (Wildman–Crippen MR) is 128 cm³/mol. The van der Waals surface area contributed by atoms with Crippen molar-refractivity contribution in [1.82, 2.24) is 5.06 Å². The lowest BCUT2D eigenvalue weighted by Crippen LogP contribution is -2.66. The summed E-state index contributed by atoms with van der Waals surface area (Å²) in [5, 5.41) is 6.94. The number of hydroxylamine groups is 2. The molecule has 4 atom stereocenters. The van der Waals surface area contributed by atoms with Gasteiger partial charge < -0.3 is 4.84 Å². The molecule has 1 saturated heterocycles. The molecule has 1 fully saturated rings. The zero-order valence-corrected chi connectivity index (χ0v) is 20.0. The lowest BCUT2D eigenvalue weighted by atomic mass is 9.70. The van der Waals surface area contributed by atoms with Gasteiger partial charge in [0.1, 0.15) is 12.7 Å². The molecular weight excluding hydrogens is 384 g/mol. The predicted octanol–water partition coefficient (Wildman–Crippen LogP) is 6.93. The van der Waals surface area contributed by atoms with E-state index in [4.69, 9.17) is 9.68 Å². The first-order chi connectivity index (χ1) is 14.8. The van der Waals surface area contributed by atoms with Crippen molar-refractivity contribution >= 4 is 5.71 Å². The average Bonchev–Trinajstić information content (AvgIpc) is 2.81. The largest absolute Gasteiger partial charge is 0.391 e. The highest BCUT2D eigenvalue weighted by Crippen LogP contribution is 2.46. The van der Waals surface area contributed by atoms with E-state index in [2.05, 4.69) is 88.2 Å². The quantitative estimate of drug-likeness (QED) is 0.432. The summed E-state index contributed by atoms with van der Waals surface area (Å²) < 4.78 is 0. The van der Waals surface area contributed by atoms with Gasteiger partial charge in [-0.2, -0.15) is 5.06 Å². The Morgan fingerprint density at radius 2 is 1.61 bits per heavy atom. The second-order valence-electron chi connectivity index (χ2n) is 9.25. The van der Waals surface area contributed by atoms with Crippen LogP contribution in [0.5, 0.6) is 0 Å². The van der Waals surface area contributed by atoms with E-state index in [9.17, 15) is 0 Å². The van der Waals surface area contributed by atoms with Crippen LogP contribution in [0.25, 0.3) is 0 Å². The van der Waals surface area contributed by atoms with Gasteiger partial charge in [-0.1, -0.05) is 86.6 Å². The van der Waals surface area contributed by atoms with Crippen LogP contribution in [0.2, 0.25) is 0 Å². The fourth-order valence-corrected chi connectivity index (χ4v) is 4.55. The molecule has 1 heterocycles. The van der Waals surface area contributed by atoms with E-state index in [1.165, 1.54) is 5.56 Å². The summed E-state index contributed by atoms with van der Waals surface area (Å²) in [6.45, 7) is 14.0. The normalized spacial score (nSPS) is 29.1. The highest BCUT2D eigenvalue weighted by atomic mass is 16.7. The van der Waals surface area contributed by atoms with Crippen LogP contribution in [-0.2, 0) is 16.3 Å². The molecule has 0 aliphatic carbocycles. The van der Waals surface area contributed by atoms with E-state index < -0.39 is 0 Å². The van der Waals surface area contributed by atoms with Gasteiger partial charge in [0.15, 0.2) is 0 Å². The number of hydrogen-bond acceptors (Lipinski definition) is 4. The molecule has 0 spiro atoms. The smallest absolute Gasteiger partial charge is 0.142 e. The molecule has 0 bridgehead atoms. The Bertz CT molecular complexity index is 854. The summed E-state index contributed by atoms with van der Waals surface area (Å²) in [5.41, 5.74) is 3.11. The SMILES string of the molecule is CCC1(C)C/C(=N/OCc2ccccc2)C(C)C(C)(CC)N1OC(C)c1ccccc1. The molecule has 4 nitrogen and oxygen atoms in total. The van der Waals surface area contributed by atoms with E-state index in [0.29, 0.717) is 6.61 Å². The molecule has 4 unspecified atom stereocenters. The standard InChI is InChI=1S/C27H38N2O2/c1-7-26(5)19-25(28-30-20-23-15-11-9-12-16-23)21(3)27(6,8-2)29(26)31-22(4)24-17-13-10-14-18-24/h9-18,21-22H,7-8,19-20H2,1-6H3/b28-25-. The molecule has 2 aromatic rings. The molecule has 31 heavy (non-hydrogen) atoms. The summed E-state index contributed by atoms with van der Waals surface area (Å²) in [7, 11) is 0. The molecule has 0 radical (unpaired) electrons. The Morgan fingerprint density at radius 1 is 1.00 bits per heavy atom. The highest BCUT2D eigenvalue weighted by Gasteiger charge is 2.53. The van der Waals surface area contributed by atoms with Gasteiger partial charge in [0.25, 0.3) is 0 Å². The summed E-state index contributed by atoms with van der Waals surface area (Å²) in [6, 6.07) is 20.7. The number of piperidine rings is 1. The Hall–Kier alpha value is -2.17. The fraction of sp³-hybridized carbons (Fsp3) is 0.519. The Balaban J connectivity index is 1.83. The summed E-state index contributed by atoms with van der Waals surface area (Å²) in [4.78, 5) is 12.5. The van der Waals surface area contributed by atoms with Crippen molar-refractivity contribution in [1.29, 1.82) is 0 Å². The average molecular weight is 423 g/mol. The number of oxime groups is 1. The minimum Gasteiger partial charge on any atom is -0.391 e. The first-order valence-corrected chi connectivity index (χ1v) is 11.6. The third-order valence-corrected chi connectivity index (χ3v) is 7.21. The Morgan fingerprint density at radius 3 is 2.19 bits per heavy atom. The van der Waals surface area contributed by atoms with Crippen molar-refractivity contribution in [2.75, 3.05) is 0 Å². The summed E-state index contributed by atoms with van der Waals surface area (Å²) in [6.07, 6.45) is 2.74. The van der Waals surface area contributed by atoms with Gasteiger partial charge in [0.2, 0.25) is 0 Å². The summed E-state index contributed by atoms with van der Waals surface area (Å²) in [5.74, 6) is 0.218. The lowest BCUT2D eigenvalue weighted by molar-refractivity contribution is -0.310. The van der Waals surface area contributed by atoms with Crippen molar-refractivity contribution in [3.05, 3.63) is 71.8 Å². The van der Waals surface area contributed by atoms with Gasteiger partial charge in [-0.05, 0) is 44.7 Å². The molecule has 1 aliphatic rings. The molecule has 1 aliphatic heterocycles. The van der Waals surface area contributed by atoms with Crippen molar-refractivity contribution in [3.8, 4) is 0 Å². The molecule has 4 heteroatoms. The minimum absolute atomic E-state index is 0.0158. The van der Waals surface area contributed by atoms with E-state index in [1.807, 2.05) is 24.3 Å². The van der Waals surface area contributed by atoms with Crippen LogP contribution in [0.3, 0.4) is 0 Å². The zero-order chi connectivity index (χ0) is 22.5. The van der Waals surface area contributed by atoms with Crippen LogP contribution in [0, 0.1) is 5.92 Å². The summed E-state index contributed by atoms with van der Waals surface area (Å²) >= 11 is 0. The molecule has 2 aromatic carbocycles. The maximum atomic E-state index is 6.72. The van der Waals surface area contributed by atoms with Gasteiger partial charge in [0, 0.05) is 17.9 Å². The molecule has 0 aromatic heterocycles. The molecule has 3 rings (SSSR count). The van der Waals surface area contributed by atoms with Crippen LogP contribution in [0.15, 0.2) is 65.8 Å². The Labute approximate surface area is 188 Å². The highest BCUT2D eigenvalue weighted by molar-refractivity contribution is 5.89. The van der Waals surface area contributed by atoms with Gasteiger partial charge in [-0.15, -0.1) is 0 Å². The van der Waals surface area contributed by atoms with Crippen LogP contribution >= 0.6 is 0 Å². The Kier molecular flexibility index (Phi) is 7.55. The monoisotopic (exact) mass is 422 g/mol. The van der Waals surface area contributed by atoms with Crippen LogP contribution in [0.4, 0.5) is 0 Å². The number of nitrogens with zero attached hydrogens (tertiary/aromatic N) is 2.